The molecule has 1 N–H and O–H groups in total. The van der Waals surface area contributed by atoms with Crippen LogP contribution < -0.4 is 5.32 Å². The average Bonchev–Trinajstić information content (AvgIpc) is 2.52. The summed E-state index contributed by atoms with van der Waals surface area (Å²) in [6, 6.07) is 0.406. The number of nitrogens with zero attached hydrogens (tertiary/aromatic N) is 1. The van der Waals surface area contributed by atoms with Gasteiger partial charge in [0.15, 0.2) is 0 Å². The van der Waals surface area contributed by atoms with Gasteiger partial charge < -0.3 is 5.32 Å². The summed E-state index contributed by atoms with van der Waals surface area (Å²) in [5.41, 5.74) is 0.554. The van der Waals surface area contributed by atoms with Crippen LogP contribution in [0.1, 0.15) is 17.6 Å². The fourth-order valence-corrected chi connectivity index (χ4v) is 1.77. The molecule has 1 unspecified atom stereocenters. The molecule has 12 heavy (non-hydrogen) atoms. The Morgan fingerprint density at radius 1 is 1.75 bits per heavy atom. The van der Waals surface area contributed by atoms with Crippen molar-refractivity contribution in [2.24, 2.45) is 0 Å². The Hall–Kier alpha value is -0.480. The van der Waals surface area contributed by atoms with Crippen LogP contribution in [0.15, 0.2) is 5.38 Å². The van der Waals surface area contributed by atoms with Gasteiger partial charge in [0, 0.05) is 17.8 Å². The van der Waals surface area contributed by atoms with Gasteiger partial charge in [0.25, 0.3) is 0 Å². The van der Waals surface area contributed by atoms with Gasteiger partial charge in [-0.3, -0.25) is 0 Å². The van der Waals surface area contributed by atoms with Crippen LogP contribution in [-0.2, 0) is 13.1 Å². The summed E-state index contributed by atoms with van der Waals surface area (Å²) < 4.78 is 12.1. The van der Waals surface area contributed by atoms with E-state index in [0.717, 1.165) is 11.4 Å². The third-order valence-corrected chi connectivity index (χ3v) is 2.63. The van der Waals surface area contributed by atoms with E-state index in [-0.39, 0.29) is 0 Å². The molecule has 0 bridgehead atoms. The van der Waals surface area contributed by atoms with Gasteiger partial charge in [0.1, 0.15) is 6.67 Å². The fourth-order valence-electron chi connectivity index (χ4n) is 0.868. The first-order chi connectivity index (χ1) is 5.76. The van der Waals surface area contributed by atoms with E-state index in [0.29, 0.717) is 11.7 Å². The Morgan fingerprint density at radius 2 is 2.50 bits per heavy atom. The van der Waals surface area contributed by atoms with Crippen LogP contribution in [0.4, 0.5) is 4.39 Å². The molecule has 1 rings (SSSR count). The lowest BCUT2D eigenvalue weighted by molar-refractivity contribution is 0.476. The predicted molar refractivity (Wildman–Crippen MR) is 49.2 cm³/mol. The monoisotopic (exact) mass is 188 g/mol. The molecule has 0 aromatic carbocycles. The molecule has 1 atom stereocenters. The first kappa shape index (κ1) is 9.61. The first-order valence-electron chi connectivity index (χ1n) is 3.92. The van der Waals surface area contributed by atoms with E-state index in [1.54, 1.807) is 5.38 Å². The standard InChI is InChI=1S/C8H13FN2S/c1-6(10-2)3-8-11-7(4-9)5-12-8/h5-6,10H,3-4H2,1-2H3. The highest BCUT2D eigenvalue weighted by molar-refractivity contribution is 7.09. The summed E-state index contributed by atoms with van der Waals surface area (Å²) in [5, 5.41) is 5.89. The SMILES string of the molecule is CNC(C)Cc1nc(CF)cs1. The minimum Gasteiger partial charge on any atom is -0.317 e. The van der Waals surface area contributed by atoms with Crippen LogP contribution in [0.25, 0.3) is 0 Å². The molecule has 0 radical (unpaired) electrons. The van der Waals surface area contributed by atoms with Crippen LogP contribution in [-0.4, -0.2) is 18.1 Å². The molecule has 1 aromatic heterocycles. The van der Waals surface area contributed by atoms with Crippen molar-refractivity contribution in [2.75, 3.05) is 7.05 Å². The summed E-state index contributed by atoms with van der Waals surface area (Å²) in [4.78, 5) is 4.12. The lowest BCUT2D eigenvalue weighted by Gasteiger charge is -2.05. The third kappa shape index (κ3) is 2.53. The van der Waals surface area contributed by atoms with E-state index in [1.165, 1.54) is 11.3 Å². The summed E-state index contributed by atoms with van der Waals surface area (Å²) in [7, 11) is 1.91. The molecule has 68 valence electrons. The van der Waals surface area contributed by atoms with Crippen molar-refractivity contribution < 1.29 is 4.39 Å². The Kier molecular flexibility index (Phi) is 3.62. The van der Waals surface area contributed by atoms with Gasteiger partial charge in [-0.05, 0) is 14.0 Å². The molecule has 0 saturated carbocycles. The van der Waals surface area contributed by atoms with Gasteiger partial charge in [-0.25, -0.2) is 9.37 Å². The number of halogens is 1. The molecule has 1 heterocycles. The molecule has 0 aliphatic carbocycles. The summed E-state index contributed by atoms with van der Waals surface area (Å²) in [6.45, 7) is 1.63. The molecule has 0 spiro atoms. The largest absolute Gasteiger partial charge is 0.317 e. The lowest BCUT2D eigenvalue weighted by atomic mass is 10.2. The Labute approximate surface area is 75.8 Å². The Morgan fingerprint density at radius 3 is 3.00 bits per heavy atom. The molecule has 0 aliphatic heterocycles. The average molecular weight is 188 g/mol. The zero-order valence-corrected chi connectivity index (χ0v) is 8.12. The lowest BCUT2D eigenvalue weighted by Crippen LogP contribution is -2.23. The molecule has 2 nitrogen and oxygen atoms in total. The molecule has 1 aromatic rings. The van der Waals surface area contributed by atoms with E-state index >= 15 is 0 Å². The topological polar surface area (TPSA) is 24.9 Å². The molecular weight excluding hydrogens is 175 g/mol. The fraction of sp³-hybridized carbons (Fsp3) is 0.625. The first-order valence-corrected chi connectivity index (χ1v) is 4.80. The molecule has 0 amide bonds. The zero-order chi connectivity index (χ0) is 8.97. The number of alkyl halides is 1. The predicted octanol–water partition coefficient (Wildman–Crippen LogP) is 1.76. The molecule has 0 fully saturated rings. The highest BCUT2D eigenvalue weighted by Crippen LogP contribution is 2.12. The summed E-state index contributed by atoms with van der Waals surface area (Å²) in [5.74, 6) is 0. The van der Waals surface area contributed by atoms with Gasteiger partial charge in [-0.1, -0.05) is 0 Å². The molecule has 0 aliphatic rings. The highest BCUT2D eigenvalue weighted by Gasteiger charge is 2.05. The van der Waals surface area contributed by atoms with Crippen molar-refractivity contribution >= 4 is 11.3 Å². The van der Waals surface area contributed by atoms with Gasteiger partial charge >= 0.3 is 0 Å². The van der Waals surface area contributed by atoms with Gasteiger partial charge in [-0.15, -0.1) is 11.3 Å². The van der Waals surface area contributed by atoms with Crippen LogP contribution >= 0.6 is 11.3 Å². The Bertz CT molecular complexity index is 237. The van der Waals surface area contributed by atoms with E-state index in [4.69, 9.17) is 0 Å². The number of nitrogens with one attached hydrogen (secondary N) is 1. The normalized spacial score (nSPS) is 13.2. The van der Waals surface area contributed by atoms with Crippen molar-refractivity contribution in [2.45, 2.75) is 26.1 Å². The van der Waals surface area contributed by atoms with Crippen molar-refractivity contribution in [3.05, 3.63) is 16.1 Å². The number of aromatic nitrogens is 1. The summed E-state index contributed by atoms with van der Waals surface area (Å²) in [6.07, 6.45) is 0.876. The molecule has 0 saturated heterocycles. The van der Waals surface area contributed by atoms with Crippen molar-refractivity contribution in [3.63, 3.8) is 0 Å². The maximum atomic E-state index is 12.1. The minimum atomic E-state index is -0.454. The smallest absolute Gasteiger partial charge is 0.132 e. The minimum absolute atomic E-state index is 0.406. The van der Waals surface area contributed by atoms with E-state index < -0.39 is 6.67 Å². The number of rotatable bonds is 4. The number of hydrogen-bond acceptors (Lipinski definition) is 3. The third-order valence-electron chi connectivity index (χ3n) is 1.71. The second-order valence-electron chi connectivity index (χ2n) is 2.76. The highest BCUT2D eigenvalue weighted by atomic mass is 32.1. The van der Waals surface area contributed by atoms with Gasteiger partial charge in [0.2, 0.25) is 0 Å². The van der Waals surface area contributed by atoms with Crippen LogP contribution in [0.3, 0.4) is 0 Å². The van der Waals surface area contributed by atoms with Gasteiger partial charge in [0.05, 0.1) is 10.7 Å². The van der Waals surface area contributed by atoms with Crippen molar-refractivity contribution in [3.8, 4) is 0 Å². The van der Waals surface area contributed by atoms with Crippen molar-refractivity contribution in [1.82, 2.24) is 10.3 Å². The molecule has 4 heteroatoms. The number of likely N-dealkylation sites (N-methyl/N-ethyl adjacent to an activating group) is 1. The van der Waals surface area contributed by atoms with Gasteiger partial charge in [-0.2, -0.15) is 0 Å². The maximum absolute atomic E-state index is 12.1. The second-order valence-corrected chi connectivity index (χ2v) is 3.70. The van der Waals surface area contributed by atoms with E-state index in [1.807, 2.05) is 7.05 Å². The second kappa shape index (κ2) is 4.52. The van der Waals surface area contributed by atoms with Crippen LogP contribution in [0.2, 0.25) is 0 Å². The number of hydrogen-bond donors (Lipinski definition) is 1. The van der Waals surface area contributed by atoms with E-state index in [2.05, 4.69) is 17.2 Å². The van der Waals surface area contributed by atoms with E-state index in [9.17, 15) is 4.39 Å². The number of thiazole rings is 1. The maximum Gasteiger partial charge on any atom is 0.132 e. The quantitative estimate of drug-likeness (QED) is 0.779. The zero-order valence-electron chi connectivity index (χ0n) is 7.30. The Balaban J connectivity index is 2.52. The van der Waals surface area contributed by atoms with Crippen LogP contribution in [0, 0.1) is 0 Å². The van der Waals surface area contributed by atoms with Crippen molar-refractivity contribution in [1.29, 1.82) is 0 Å². The molecular formula is C8H13FN2S. The van der Waals surface area contributed by atoms with Crippen LogP contribution in [0.5, 0.6) is 0 Å². The summed E-state index contributed by atoms with van der Waals surface area (Å²) >= 11 is 1.53.